The van der Waals surface area contributed by atoms with Gasteiger partial charge in [0.15, 0.2) is 0 Å². The minimum Gasteiger partial charge on any atom is -0.368 e. The van der Waals surface area contributed by atoms with Crippen molar-refractivity contribution in [3.05, 3.63) is 35.6 Å². The van der Waals surface area contributed by atoms with E-state index in [1.54, 1.807) is 18.2 Å². The molecule has 0 bridgehead atoms. The minimum absolute atomic E-state index is 0.214. The summed E-state index contributed by atoms with van der Waals surface area (Å²) in [5.41, 5.74) is 5.99. The quantitative estimate of drug-likeness (QED) is 0.780. The lowest BCUT2D eigenvalue weighted by Gasteiger charge is -1.99. The Labute approximate surface area is 90.1 Å². The number of nitrogen functional groups attached to an aromatic ring is 1. The SMILES string of the molecule is Nc1nc(SCc2ccccc2F)n[nH]1. The van der Waals surface area contributed by atoms with E-state index in [4.69, 9.17) is 5.73 Å². The van der Waals surface area contributed by atoms with Gasteiger partial charge >= 0.3 is 0 Å². The first-order chi connectivity index (χ1) is 7.25. The molecule has 1 heterocycles. The zero-order valence-corrected chi connectivity index (χ0v) is 8.59. The van der Waals surface area contributed by atoms with Crippen LogP contribution in [0.15, 0.2) is 29.4 Å². The lowest BCUT2D eigenvalue weighted by Crippen LogP contribution is -1.87. The smallest absolute Gasteiger partial charge is 0.216 e. The summed E-state index contributed by atoms with van der Waals surface area (Å²) in [4.78, 5) is 3.91. The first kappa shape index (κ1) is 9.97. The number of rotatable bonds is 3. The molecule has 1 aromatic carbocycles. The number of aromatic amines is 1. The third-order valence-electron chi connectivity index (χ3n) is 1.80. The monoisotopic (exact) mass is 224 g/mol. The average molecular weight is 224 g/mol. The molecule has 0 radical (unpaired) electrons. The first-order valence-corrected chi connectivity index (χ1v) is 5.28. The molecule has 2 aromatic rings. The molecule has 0 saturated heterocycles. The maximum Gasteiger partial charge on any atom is 0.216 e. The number of nitrogens with two attached hydrogens (primary N) is 1. The fourth-order valence-electron chi connectivity index (χ4n) is 1.08. The highest BCUT2D eigenvalue weighted by Crippen LogP contribution is 2.20. The van der Waals surface area contributed by atoms with Gasteiger partial charge in [0.1, 0.15) is 5.82 Å². The molecule has 0 atom stereocenters. The second-order valence-corrected chi connectivity index (χ2v) is 3.83. The molecule has 6 heteroatoms. The fourth-order valence-corrected chi connectivity index (χ4v) is 1.87. The number of aromatic nitrogens is 3. The molecule has 0 spiro atoms. The van der Waals surface area contributed by atoms with E-state index >= 15 is 0 Å². The molecule has 0 saturated carbocycles. The molecule has 1 aromatic heterocycles. The van der Waals surface area contributed by atoms with Crippen LogP contribution in [-0.4, -0.2) is 15.2 Å². The first-order valence-electron chi connectivity index (χ1n) is 4.30. The summed E-state index contributed by atoms with van der Waals surface area (Å²) in [5, 5.41) is 6.89. The number of halogens is 1. The second kappa shape index (κ2) is 4.31. The Bertz CT molecular complexity index is 457. The Morgan fingerprint density at radius 2 is 2.20 bits per heavy atom. The summed E-state index contributed by atoms with van der Waals surface area (Å²) < 4.78 is 13.2. The number of benzene rings is 1. The van der Waals surface area contributed by atoms with Gasteiger partial charge in [-0.15, -0.1) is 5.10 Å². The molecule has 3 N–H and O–H groups in total. The fraction of sp³-hybridized carbons (Fsp3) is 0.111. The highest BCUT2D eigenvalue weighted by Gasteiger charge is 2.04. The van der Waals surface area contributed by atoms with Gasteiger partial charge in [0.05, 0.1) is 0 Å². The van der Waals surface area contributed by atoms with Crippen molar-refractivity contribution in [1.29, 1.82) is 0 Å². The van der Waals surface area contributed by atoms with Crippen molar-refractivity contribution in [1.82, 2.24) is 15.2 Å². The normalized spacial score (nSPS) is 10.5. The van der Waals surface area contributed by atoms with E-state index in [1.165, 1.54) is 17.8 Å². The average Bonchev–Trinajstić information content (AvgIpc) is 2.63. The van der Waals surface area contributed by atoms with Crippen LogP contribution in [0.1, 0.15) is 5.56 Å². The van der Waals surface area contributed by atoms with Gasteiger partial charge in [0, 0.05) is 5.75 Å². The Hall–Kier alpha value is -1.56. The molecule has 0 aliphatic carbocycles. The molecule has 78 valence electrons. The van der Waals surface area contributed by atoms with Crippen LogP contribution in [0.4, 0.5) is 10.3 Å². The molecular formula is C9H9FN4S. The maximum absolute atomic E-state index is 13.2. The standard InChI is InChI=1S/C9H9FN4S/c10-7-4-2-1-3-6(7)5-15-9-12-8(11)13-14-9/h1-4H,5H2,(H3,11,12,13,14). The van der Waals surface area contributed by atoms with E-state index < -0.39 is 0 Å². The van der Waals surface area contributed by atoms with Gasteiger partial charge in [-0.05, 0) is 11.6 Å². The minimum atomic E-state index is -0.214. The Morgan fingerprint density at radius 1 is 1.40 bits per heavy atom. The predicted octanol–water partition coefficient (Wildman–Crippen LogP) is 1.82. The van der Waals surface area contributed by atoms with Gasteiger partial charge in [-0.25, -0.2) is 9.49 Å². The molecule has 0 amide bonds. The van der Waals surface area contributed by atoms with Crippen LogP contribution in [0.5, 0.6) is 0 Å². The molecule has 4 nitrogen and oxygen atoms in total. The topological polar surface area (TPSA) is 67.6 Å². The summed E-state index contributed by atoms with van der Waals surface area (Å²) in [7, 11) is 0. The van der Waals surface area contributed by atoms with Crippen molar-refractivity contribution in [2.24, 2.45) is 0 Å². The largest absolute Gasteiger partial charge is 0.368 e. The zero-order chi connectivity index (χ0) is 10.7. The van der Waals surface area contributed by atoms with Crippen LogP contribution < -0.4 is 5.73 Å². The number of hydrogen-bond donors (Lipinski definition) is 2. The van der Waals surface area contributed by atoms with Crippen molar-refractivity contribution in [2.45, 2.75) is 10.9 Å². The van der Waals surface area contributed by atoms with E-state index in [0.29, 0.717) is 16.5 Å². The number of nitrogens with one attached hydrogen (secondary N) is 1. The second-order valence-electron chi connectivity index (χ2n) is 2.88. The molecular weight excluding hydrogens is 215 g/mol. The van der Waals surface area contributed by atoms with Crippen molar-refractivity contribution >= 4 is 17.7 Å². The predicted molar refractivity (Wildman–Crippen MR) is 56.8 cm³/mol. The Kier molecular flexibility index (Phi) is 2.86. The lowest BCUT2D eigenvalue weighted by molar-refractivity contribution is 0.617. The number of nitrogens with zero attached hydrogens (tertiary/aromatic N) is 2. The van der Waals surface area contributed by atoms with Gasteiger partial charge in [-0.1, -0.05) is 30.0 Å². The van der Waals surface area contributed by atoms with E-state index in [9.17, 15) is 4.39 Å². The third kappa shape index (κ3) is 2.47. The molecule has 15 heavy (non-hydrogen) atoms. The summed E-state index contributed by atoms with van der Waals surface area (Å²) >= 11 is 1.34. The van der Waals surface area contributed by atoms with Crippen molar-refractivity contribution in [3.63, 3.8) is 0 Å². The van der Waals surface area contributed by atoms with E-state index in [1.807, 2.05) is 0 Å². The van der Waals surface area contributed by atoms with Crippen molar-refractivity contribution in [2.75, 3.05) is 5.73 Å². The highest BCUT2D eigenvalue weighted by molar-refractivity contribution is 7.98. The van der Waals surface area contributed by atoms with Gasteiger partial charge in [-0.2, -0.15) is 4.98 Å². The number of anilines is 1. The van der Waals surface area contributed by atoms with Gasteiger partial charge in [0.25, 0.3) is 0 Å². The molecule has 0 aliphatic heterocycles. The molecule has 0 unspecified atom stereocenters. The van der Waals surface area contributed by atoms with E-state index in [-0.39, 0.29) is 11.8 Å². The zero-order valence-electron chi connectivity index (χ0n) is 7.77. The lowest BCUT2D eigenvalue weighted by atomic mass is 10.2. The maximum atomic E-state index is 13.2. The van der Waals surface area contributed by atoms with Gasteiger partial charge in [0.2, 0.25) is 11.1 Å². The van der Waals surface area contributed by atoms with Gasteiger partial charge < -0.3 is 5.73 Å². The van der Waals surface area contributed by atoms with Crippen LogP contribution in [0.25, 0.3) is 0 Å². The highest BCUT2D eigenvalue weighted by atomic mass is 32.2. The van der Waals surface area contributed by atoms with Crippen LogP contribution in [0.3, 0.4) is 0 Å². The van der Waals surface area contributed by atoms with Gasteiger partial charge in [-0.3, -0.25) is 0 Å². The third-order valence-corrected chi connectivity index (χ3v) is 2.69. The molecule has 0 fully saturated rings. The summed E-state index contributed by atoms with van der Waals surface area (Å²) in [6.07, 6.45) is 0. The van der Waals surface area contributed by atoms with Crippen molar-refractivity contribution < 1.29 is 4.39 Å². The Morgan fingerprint density at radius 3 is 2.87 bits per heavy atom. The Balaban J connectivity index is 2.02. The summed E-state index contributed by atoms with van der Waals surface area (Å²) in [5.74, 6) is 0.545. The van der Waals surface area contributed by atoms with Crippen LogP contribution >= 0.6 is 11.8 Å². The van der Waals surface area contributed by atoms with Crippen molar-refractivity contribution in [3.8, 4) is 0 Å². The summed E-state index contributed by atoms with van der Waals surface area (Å²) in [6.45, 7) is 0. The molecule has 0 aliphatic rings. The van der Waals surface area contributed by atoms with E-state index in [2.05, 4.69) is 15.2 Å². The number of thioether (sulfide) groups is 1. The summed E-state index contributed by atoms with van der Waals surface area (Å²) in [6, 6.07) is 6.63. The van der Waals surface area contributed by atoms with Crippen LogP contribution in [-0.2, 0) is 5.75 Å². The molecule has 2 rings (SSSR count). The van der Waals surface area contributed by atoms with Crippen LogP contribution in [0, 0.1) is 5.82 Å². The van der Waals surface area contributed by atoms with Crippen LogP contribution in [0.2, 0.25) is 0 Å². The number of H-pyrrole nitrogens is 1. The number of hydrogen-bond acceptors (Lipinski definition) is 4. The van der Waals surface area contributed by atoms with E-state index in [0.717, 1.165) is 0 Å².